The average Bonchev–Trinajstić information content (AvgIpc) is 2.25. The molecule has 0 saturated carbocycles. The minimum Gasteiger partial charge on any atom is -0.386 e. The first-order valence-electron chi connectivity index (χ1n) is 5.05. The van der Waals surface area contributed by atoms with Gasteiger partial charge < -0.3 is 11.1 Å². The van der Waals surface area contributed by atoms with Crippen LogP contribution in [-0.2, 0) is 0 Å². The maximum absolute atomic E-state index is 5.73. The van der Waals surface area contributed by atoms with Gasteiger partial charge in [0, 0.05) is 7.05 Å². The van der Waals surface area contributed by atoms with Gasteiger partial charge in [-0.15, -0.1) is 0 Å². The Hall–Kier alpha value is -1.70. The number of nitrogens with one attached hydrogen (secondary N) is 1. The molecule has 0 aliphatic heterocycles. The van der Waals surface area contributed by atoms with E-state index in [-0.39, 0.29) is 0 Å². The van der Waals surface area contributed by atoms with Crippen molar-refractivity contribution in [2.45, 2.75) is 13.8 Å². The number of benzene rings is 1. The third-order valence-electron chi connectivity index (χ3n) is 2.26. The van der Waals surface area contributed by atoms with E-state index >= 15 is 0 Å². The molecule has 0 spiro atoms. The molecule has 0 heterocycles. The fourth-order valence-electron chi connectivity index (χ4n) is 1.40. The van der Waals surface area contributed by atoms with E-state index in [1.165, 1.54) is 11.1 Å². The molecule has 2 nitrogen and oxygen atoms in total. The number of allylic oxidation sites excluding steroid dienone is 3. The van der Waals surface area contributed by atoms with Crippen molar-refractivity contribution in [1.29, 1.82) is 0 Å². The molecule has 0 aromatic heterocycles. The molecule has 1 rings (SSSR count). The second-order valence-electron chi connectivity index (χ2n) is 3.46. The molecule has 80 valence electrons. The fourth-order valence-corrected chi connectivity index (χ4v) is 1.40. The van der Waals surface area contributed by atoms with Crippen LogP contribution in [0.15, 0.2) is 42.2 Å². The van der Waals surface area contributed by atoms with Crippen molar-refractivity contribution in [2.24, 2.45) is 5.73 Å². The fraction of sp³-hybridized carbons (Fsp3) is 0.231. The average molecular weight is 202 g/mol. The monoisotopic (exact) mass is 202 g/mol. The van der Waals surface area contributed by atoms with E-state index in [9.17, 15) is 0 Å². The summed E-state index contributed by atoms with van der Waals surface area (Å²) in [7, 11) is 1.81. The summed E-state index contributed by atoms with van der Waals surface area (Å²) >= 11 is 0. The van der Waals surface area contributed by atoms with Crippen molar-refractivity contribution in [3.05, 3.63) is 53.4 Å². The number of aryl methyl sites for hydroxylation is 1. The molecule has 0 aliphatic rings. The number of hydrogen-bond acceptors (Lipinski definition) is 2. The Bertz CT molecular complexity index is 389. The Kier molecular flexibility index (Phi) is 3.98. The van der Waals surface area contributed by atoms with Gasteiger partial charge in [-0.1, -0.05) is 35.9 Å². The summed E-state index contributed by atoms with van der Waals surface area (Å²) in [5, 5.41) is 2.91. The van der Waals surface area contributed by atoms with Gasteiger partial charge in [-0.25, -0.2) is 0 Å². The minimum absolute atomic E-state index is 0.671. The van der Waals surface area contributed by atoms with Crippen molar-refractivity contribution in [1.82, 2.24) is 5.32 Å². The highest BCUT2D eigenvalue weighted by Crippen LogP contribution is 2.17. The lowest BCUT2D eigenvalue weighted by atomic mass is 10.0. The third kappa shape index (κ3) is 3.17. The van der Waals surface area contributed by atoms with Crippen LogP contribution in [-0.4, -0.2) is 7.05 Å². The molecule has 0 bridgehead atoms. The van der Waals surface area contributed by atoms with Gasteiger partial charge in [0.1, 0.15) is 0 Å². The van der Waals surface area contributed by atoms with Crippen molar-refractivity contribution in [2.75, 3.05) is 7.05 Å². The smallest absolute Gasteiger partial charge is 0.0963 e. The van der Waals surface area contributed by atoms with Crippen molar-refractivity contribution >= 4 is 5.57 Å². The van der Waals surface area contributed by atoms with Gasteiger partial charge in [-0.05, 0) is 31.1 Å². The third-order valence-corrected chi connectivity index (χ3v) is 2.26. The molecule has 0 atom stereocenters. The Morgan fingerprint density at radius 1 is 1.40 bits per heavy atom. The van der Waals surface area contributed by atoms with Gasteiger partial charge in [0.05, 0.1) is 5.82 Å². The van der Waals surface area contributed by atoms with Crippen LogP contribution in [0.1, 0.15) is 18.1 Å². The SMILES string of the molecule is C/C=C(\C=C(\N)NC)c1cccc(C)c1. The second kappa shape index (κ2) is 5.25. The standard InChI is InChI=1S/C13H18N2/c1-4-11(9-13(14)15-3)12-7-5-6-10(2)8-12/h4-9,15H,14H2,1-3H3/b11-4+,13-9-. The molecule has 15 heavy (non-hydrogen) atoms. The Morgan fingerprint density at radius 2 is 2.13 bits per heavy atom. The van der Waals surface area contributed by atoms with Crippen LogP contribution in [0.4, 0.5) is 0 Å². The van der Waals surface area contributed by atoms with Crippen LogP contribution in [0.5, 0.6) is 0 Å². The molecule has 0 aliphatic carbocycles. The highest BCUT2D eigenvalue weighted by molar-refractivity contribution is 5.74. The van der Waals surface area contributed by atoms with Gasteiger partial charge in [-0.3, -0.25) is 0 Å². The molecule has 0 unspecified atom stereocenters. The number of hydrogen-bond donors (Lipinski definition) is 2. The van der Waals surface area contributed by atoms with E-state index in [4.69, 9.17) is 5.73 Å². The topological polar surface area (TPSA) is 38.0 Å². The van der Waals surface area contributed by atoms with Crippen LogP contribution in [0.3, 0.4) is 0 Å². The Morgan fingerprint density at radius 3 is 2.67 bits per heavy atom. The summed E-state index contributed by atoms with van der Waals surface area (Å²) in [6.07, 6.45) is 3.99. The lowest BCUT2D eigenvalue weighted by Gasteiger charge is -2.05. The lowest BCUT2D eigenvalue weighted by molar-refractivity contribution is 0.966. The summed E-state index contributed by atoms with van der Waals surface area (Å²) < 4.78 is 0. The van der Waals surface area contributed by atoms with Crippen LogP contribution < -0.4 is 11.1 Å². The molecular weight excluding hydrogens is 184 g/mol. The zero-order valence-corrected chi connectivity index (χ0v) is 9.54. The highest BCUT2D eigenvalue weighted by atomic mass is 14.9. The number of rotatable bonds is 3. The predicted octanol–water partition coefficient (Wildman–Crippen LogP) is 2.42. The van der Waals surface area contributed by atoms with Crippen molar-refractivity contribution in [3.63, 3.8) is 0 Å². The summed E-state index contributed by atoms with van der Waals surface area (Å²) in [6.45, 7) is 4.10. The van der Waals surface area contributed by atoms with Gasteiger partial charge in [0.25, 0.3) is 0 Å². The van der Waals surface area contributed by atoms with Crippen LogP contribution in [0.25, 0.3) is 5.57 Å². The van der Waals surface area contributed by atoms with E-state index in [0.29, 0.717) is 5.82 Å². The molecule has 0 saturated heterocycles. The summed E-state index contributed by atoms with van der Waals surface area (Å²) in [5.74, 6) is 0.671. The van der Waals surface area contributed by atoms with Crippen LogP contribution in [0.2, 0.25) is 0 Å². The maximum atomic E-state index is 5.73. The highest BCUT2D eigenvalue weighted by Gasteiger charge is 1.98. The van der Waals surface area contributed by atoms with Crippen molar-refractivity contribution in [3.8, 4) is 0 Å². The first-order valence-corrected chi connectivity index (χ1v) is 5.05. The van der Waals surface area contributed by atoms with E-state index < -0.39 is 0 Å². The Labute approximate surface area is 91.5 Å². The molecule has 0 radical (unpaired) electrons. The normalized spacial score (nSPS) is 12.7. The van der Waals surface area contributed by atoms with Gasteiger partial charge in [0.2, 0.25) is 0 Å². The number of nitrogens with two attached hydrogens (primary N) is 1. The van der Waals surface area contributed by atoms with Gasteiger partial charge >= 0.3 is 0 Å². The first-order chi connectivity index (χ1) is 7.17. The maximum Gasteiger partial charge on any atom is 0.0963 e. The van der Waals surface area contributed by atoms with E-state index in [2.05, 4.69) is 42.6 Å². The Balaban J connectivity index is 3.04. The molecule has 1 aromatic carbocycles. The quantitative estimate of drug-likeness (QED) is 0.739. The molecule has 2 heteroatoms. The lowest BCUT2D eigenvalue weighted by Crippen LogP contribution is -2.14. The predicted molar refractivity (Wildman–Crippen MR) is 66.2 cm³/mol. The van der Waals surface area contributed by atoms with E-state index in [1.807, 2.05) is 20.0 Å². The zero-order chi connectivity index (χ0) is 11.3. The molecule has 1 aromatic rings. The zero-order valence-electron chi connectivity index (χ0n) is 9.54. The van der Waals surface area contributed by atoms with Crippen molar-refractivity contribution < 1.29 is 0 Å². The summed E-state index contributed by atoms with van der Waals surface area (Å²) in [5.41, 5.74) is 9.31. The second-order valence-corrected chi connectivity index (χ2v) is 3.46. The molecule has 0 amide bonds. The largest absolute Gasteiger partial charge is 0.386 e. The molecular formula is C13H18N2. The molecule has 3 N–H and O–H groups in total. The first kappa shape index (κ1) is 11.4. The summed E-state index contributed by atoms with van der Waals surface area (Å²) in [6, 6.07) is 8.37. The van der Waals surface area contributed by atoms with E-state index in [0.717, 1.165) is 5.57 Å². The van der Waals surface area contributed by atoms with E-state index in [1.54, 1.807) is 0 Å². The summed E-state index contributed by atoms with van der Waals surface area (Å²) in [4.78, 5) is 0. The molecule has 0 fully saturated rings. The van der Waals surface area contributed by atoms with Crippen LogP contribution >= 0.6 is 0 Å². The van der Waals surface area contributed by atoms with Gasteiger partial charge in [-0.2, -0.15) is 0 Å². The van der Waals surface area contributed by atoms with Gasteiger partial charge in [0.15, 0.2) is 0 Å². The van der Waals surface area contributed by atoms with Crippen LogP contribution in [0, 0.1) is 6.92 Å². The minimum atomic E-state index is 0.671.